The maximum absolute atomic E-state index is 12.3. The van der Waals surface area contributed by atoms with Gasteiger partial charge in [0.1, 0.15) is 0 Å². The van der Waals surface area contributed by atoms with Crippen molar-refractivity contribution in [3.05, 3.63) is 23.8 Å². The standard InChI is InChI=1S/C20H29NO5/c1-13(22)21-11-10-14-8-9-15(25-17(23)19(2,3)4)16(12-14)26-18(24)20(5,6)7/h8-9,12H,10-11H2,1-7H3,(H,21,22). The zero-order chi connectivity index (χ0) is 20.1. The molecule has 0 saturated heterocycles. The van der Waals surface area contributed by atoms with Gasteiger partial charge in [-0.3, -0.25) is 14.4 Å². The number of ether oxygens (including phenoxy) is 2. The molecule has 1 N–H and O–H groups in total. The number of esters is 2. The van der Waals surface area contributed by atoms with Crippen LogP contribution in [-0.4, -0.2) is 24.4 Å². The van der Waals surface area contributed by atoms with Crippen LogP contribution in [0, 0.1) is 10.8 Å². The number of carbonyl (C=O) groups is 3. The lowest BCUT2D eigenvalue weighted by Gasteiger charge is -2.20. The van der Waals surface area contributed by atoms with Crippen molar-refractivity contribution in [2.45, 2.75) is 54.9 Å². The zero-order valence-electron chi connectivity index (χ0n) is 16.7. The van der Waals surface area contributed by atoms with Crippen molar-refractivity contribution in [2.24, 2.45) is 10.8 Å². The van der Waals surface area contributed by atoms with Crippen LogP contribution in [-0.2, 0) is 20.8 Å². The molecule has 0 aliphatic rings. The SMILES string of the molecule is CC(=O)NCCc1ccc(OC(=O)C(C)(C)C)c(OC(=O)C(C)(C)C)c1. The lowest BCUT2D eigenvalue weighted by molar-refractivity contribution is -0.145. The first-order valence-electron chi connectivity index (χ1n) is 8.62. The first-order chi connectivity index (χ1) is 11.8. The summed E-state index contributed by atoms with van der Waals surface area (Å²) in [6.45, 7) is 12.4. The number of carbonyl (C=O) groups excluding carboxylic acids is 3. The van der Waals surface area contributed by atoms with Crippen molar-refractivity contribution in [3.8, 4) is 11.5 Å². The Bertz CT molecular complexity index is 680. The molecule has 0 aromatic heterocycles. The molecule has 0 saturated carbocycles. The summed E-state index contributed by atoms with van der Waals surface area (Å²) in [6, 6.07) is 5.05. The monoisotopic (exact) mass is 363 g/mol. The largest absolute Gasteiger partial charge is 0.422 e. The van der Waals surface area contributed by atoms with Gasteiger partial charge in [0.25, 0.3) is 0 Å². The van der Waals surface area contributed by atoms with E-state index in [0.29, 0.717) is 13.0 Å². The number of benzene rings is 1. The molecule has 0 radical (unpaired) electrons. The summed E-state index contributed by atoms with van der Waals surface area (Å²) in [5.74, 6) is -0.560. The van der Waals surface area contributed by atoms with E-state index in [0.717, 1.165) is 5.56 Å². The molecule has 0 fully saturated rings. The van der Waals surface area contributed by atoms with Crippen molar-refractivity contribution in [1.29, 1.82) is 0 Å². The van der Waals surface area contributed by atoms with Crippen LogP contribution in [0.2, 0.25) is 0 Å². The Morgan fingerprint density at radius 1 is 0.885 bits per heavy atom. The maximum Gasteiger partial charge on any atom is 0.316 e. The first kappa shape index (κ1) is 21.7. The molecule has 0 spiro atoms. The Kier molecular flexibility index (Phi) is 6.95. The molecule has 0 heterocycles. The Morgan fingerprint density at radius 3 is 1.85 bits per heavy atom. The number of nitrogens with one attached hydrogen (secondary N) is 1. The highest BCUT2D eigenvalue weighted by molar-refractivity contribution is 5.81. The Morgan fingerprint density at radius 2 is 1.38 bits per heavy atom. The van der Waals surface area contributed by atoms with Crippen LogP contribution in [0.1, 0.15) is 54.0 Å². The van der Waals surface area contributed by atoms with E-state index in [4.69, 9.17) is 9.47 Å². The minimum absolute atomic E-state index is 0.111. The Balaban J connectivity index is 3.09. The average Bonchev–Trinajstić information content (AvgIpc) is 2.47. The second kappa shape index (κ2) is 8.34. The third-order valence-electron chi connectivity index (χ3n) is 3.43. The van der Waals surface area contributed by atoms with Gasteiger partial charge in [-0.2, -0.15) is 0 Å². The van der Waals surface area contributed by atoms with E-state index in [2.05, 4.69) is 5.32 Å². The van der Waals surface area contributed by atoms with E-state index in [9.17, 15) is 14.4 Å². The Labute approximate surface area is 155 Å². The number of amides is 1. The van der Waals surface area contributed by atoms with Gasteiger partial charge in [-0.1, -0.05) is 6.07 Å². The molecular weight excluding hydrogens is 334 g/mol. The summed E-state index contributed by atoms with van der Waals surface area (Å²) in [6.07, 6.45) is 0.563. The summed E-state index contributed by atoms with van der Waals surface area (Å²) < 4.78 is 10.9. The first-order valence-corrected chi connectivity index (χ1v) is 8.62. The number of rotatable bonds is 5. The third-order valence-corrected chi connectivity index (χ3v) is 3.43. The third kappa shape index (κ3) is 6.86. The quantitative estimate of drug-likeness (QED) is 0.641. The van der Waals surface area contributed by atoms with Gasteiger partial charge in [0, 0.05) is 13.5 Å². The van der Waals surface area contributed by atoms with E-state index in [1.165, 1.54) is 6.92 Å². The van der Waals surface area contributed by atoms with E-state index in [1.54, 1.807) is 59.7 Å². The zero-order valence-corrected chi connectivity index (χ0v) is 16.7. The fraction of sp³-hybridized carbons (Fsp3) is 0.550. The fourth-order valence-electron chi connectivity index (χ4n) is 1.76. The Hall–Kier alpha value is -2.37. The molecule has 1 aromatic carbocycles. The van der Waals surface area contributed by atoms with Crippen LogP contribution in [0.4, 0.5) is 0 Å². The van der Waals surface area contributed by atoms with Gasteiger partial charge in [-0.05, 0) is 65.7 Å². The molecule has 6 heteroatoms. The highest BCUT2D eigenvalue weighted by atomic mass is 16.6. The maximum atomic E-state index is 12.3. The average molecular weight is 363 g/mol. The van der Waals surface area contributed by atoms with Gasteiger partial charge in [-0.15, -0.1) is 0 Å². The number of hydrogen-bond acceptors (Lipinski definition) is 5. The van der Waals surface area contributed by atoms with Crippen LogP contribution in [0.25, 0.3) is 0 Å². The molecule has 0 unspecified atom stereocenters. The molecule has 0 aliphatic carbocycles. The van der Waals surface area contributed by atoms with Crippen LogP contribution < -0.4 is 14.8 Å². The predicted molar refractivity (Wildman–Crippen MR) is 99.0 cm³/mol. The summed E-state index contributed by atoms with van der Waals surface area (Å²) in [5, 5.41) is 2.71. The van der Waals surface area contributed by atoms with Crippen LogP contribution in [0.15, 0.2) is 18.2 Å². The predicted octanol–water partition coefficient (Wildman–Crippen LogP) is 3.27. The van der Waals surface area contributed by atoms with Crippen LogP contribution in [0.3, 0.4) is 0 Å². The molecule has 6 nitrogen and oxygen atoms in total. The van der Waals surface area contributed by atoms with Gasteiger partial charge in [0.2, 0.25) is 5.91 Å². The molecule has 0 bridgehead atoms. The van der Waals surface area contributed by atoms with E-state index in [-0.39, 0.29) is 17.4 Å². The second-order valence-corrected chi connectivity index (χ2v) is 8.29. The van der Waals surface area contributed by atoms with Crippen molar-refractivity contribution < 1.29 is 23.9 Å². The lowest BCUT2D eigenvalue weighted by atomic mass is 9.97. The molecule has 1 rings (SSSR count). The van der Waals surface area contributed by atoms with Crippen molar-refractivity contribution >= 4 is 17.8 Å². The fourth-order valence-corrected chi connectivity index (χ4v) is 1.76. The van der Waals surface area contributed by atoms with Gasteiger partial charge < -0.3 is 14.8 Å². The van der Waals surface area contributed by atoms with Crippen molar-refractivity contribution in [2.75, 3.05) is 6.54 Å². The molecule has 0 aliphatic heterocycles. The topological polar surface area (TPSA) is 81.7 Å². The molecule has 26 heavy (non-hydrogen) atoms. The minimum atomic E-state index is -0.697. The van der Waals surface area contributed by atoms with Gasteiger partial charge in [0.15, 0.2) is 11.5 Å². The van der Waals surface area contributed by atoms with Crippen LogP contribution >= 0.6 is 0 Å². The number of hydrogen-bond donors (Lipinski definition) is 1. The highest BCUT2D eigenvalue weighted by Crippen LogP contribution is 2.32. The van der Waals surface area contributed by atoms with Crippen molar-refractivity contribution in [3.63, 3.8) is 0 Å². The van der Waals surface area contributed by atoms with Gasteiger partial charge in [0.05, 0.1) is 10.8 Å². The minimum Gasteiger partial charge on any atom is -0.422 e. The van der Waals surface area contributed by atoms with Crippen LogP contribution in [0.5, 0.6) is 11.5 Å². The molecule has 1 amide bonds. The van der Waals surface area contributed by atoms with Gasteiger partial charge >= 0.3 is 11.9 Å². The second-order valence-electron chi connectivity index (χ2n) is 8.29. The molecule has 0 atom stereocenters. The normalized spacial score (nSPS) is 11.7. The summed E-state index contributed by atoms with van der Waals surface area (Å²) in [5.41, 5.74) is -0.529. The summed E-state index contributed by atoms with van der Waals surface area (Å²) in [7, 11) is 0. The van der Waals surface area contributed by atoms with E-state index >= 15 is 0 Å². The summed E-state index contributed by atoms with van der Waals surface area (Å²) in [4.78, 5) is 35.4. The molecule has 144 valence electrons. The smallest absolute Gasteiger partial charge is 0.316 e. The molecular formula is C20H29NO5. The highest BCUT2D eigenvalue weighted by Gasteiger charge is 2.28. The van der Waals surface area contributed by atoms with E-state index < -0.39 is 22.8 Å². The lowest BCUT2D eigenvalue weighted by Crippen LogP contribution is -2.28. The van der Waals surface area contributed by atoms with E-state index in [1.807, 2.05) is 0 Å². The molecule has 1 aromatic rings. The van der Waals surface area contributed by atoms with Gasteiger partial charge in [-0.25, -0.2) is 0 Å². The van der Waals surface area contributed by atoms with Crippen molar-refractivity contribution in [1.82, 2.24) is 5.32 Å². The summed E-state index contributed by atoms with van der Waals surface area (Å²) >= 11 is 0.